The molecule has 6 nitrogen and oxygen atoms in total. The Hall–Kier alpha value is -3.38. The van der Waals surface area contributed by atoms with E-state index in [1.807, 2.05) is 0 Å². The molecule has 0 spiro atoms. The van der Waals surface area contributed by atoms with Crippen LogP contribution in [-0.4, -0.2) is 9.13 Å². The summed E-state index contributed by atoms with van der Waals surface area (Å²) in [4.78, 5) is 50.0. The van der Waals surface area contributed by atoms with Crippen LogP contribution in [0.5, 0.6) is 0 Å². The second kappa shape index (κ2) is 6.85. The molecule has 0 N–H and O–H groups in total. The molecule has 0 radical (unpaired) electrons. The molecule has 0 aliphatic rings. The van der Waals surface area contributed by atoms with Gasteiger partial charge in [-0.1, -0.05) is 0 Å². The van der Waals surface area contributed by atoms with Crippen LogP contribution in [-0.2, 0) is 13.1 Å². The van der Waals surface area contributed by atoms with Gasteiger partial charge in [-0.3, -0.25) is 28.3 Å². The lowest BCUT2D eigenvalue weighted by molar-refractivity contribution is 0.629. The lowest BCUT2D eigenvalue weighted by atomic mass is 10.1. The predicted octanol–water partition coefficient (Wildman–Crippen LogP) is 0.739. The maximum Gasteiger partial charge on any atom is 0.261 e. The summed E-state index contributed by atoms with van der Waals surface area (Å²) < 4.78 is 2.22. The molecule has 6 heteroatoms. The van der Waals surface area contributed by atoms with Gasteiger partial charge >= 0.3 is 0 Å². The smallest absolute Gasteiger partial charge is 0.261 e. The summed E-state index contributed by atoms with van der Waals surface area (Å²) in [6, 6.07) is 2.71. The molecule has 26 heavy (non-hydrogen) atoms. The van der Waals surface area contributed by atoms with E-state index >= 15 is 0 Å². The number of fused-ring (bicyclic) bond motifs is 2. The Morgan fingerprint density at radius 1 is 0.654 bits per heavy atom. The van der Waals surface area contributed by atoms with Crippen LogP contribution < -0.4 is 22.2 Å². The minimum Gasteiger partial charge on any atom is -0.274 e. The zero-order valence-electron chi connectivity index (χ0n) is 14.1. The zero-order valence-corrected chi connectivity index (χ0v) is 14.1. The van der Waals surface area contributed by atoms with Crippen molar-refractivity contribution in [2.45, 2.75) is 38.8 Å². The number of aromatic nitrogens is 2. The molecule has 0 unspecified atom stereocenters. The summed E-state index contributed by atoms with van der Waals surface area (Å²) in [6.07, 6.45) is 12.3. The Labute approximate surface area is 148 Å². The number of hydrogen-bond donors (Lipinski definition) is 0. The summed E-state index contributed by atoms with van der Waals surface area (Å²) >= 11 is 0. The minimum atomic E-state index is -0.462. The second-order valence-corrected chi connectivity index (χ2v) is 6.08. The van der Waals surface area contributed by atoms with E-state index in [4.69, 9.17) is 12.8 Å². The lowest BCUT2D eigenvalue weighted by Crippen LogP contribution is -2.26. The van der Waals surface area contributed by atoms with Crippen LogP contribution in [0.25, 0.3) is 21.5 Å². The second-order valence-electron chi connectivity index (χ2n) is 6.08. The first-order valence-electron chi connectivity index (χ1n) is 8.28. The van der Waals surface area contributed by atoms with Crippen LogP contribution in [0.3, 0.4) is 0 Å². The molecule has 0 aliphatic heterocycles. The van der Waals surface area contributed by atoms with Crippen molar-refractivity contribution >= 4 is 21.5 Å². The molecule has 0 aliphatic carbocycles. The molecule has 1 aromatic carbocycles. The van der Waals surface area contributed by atoms with E-state index in [-0.39, 0.29) is 34.6 Å². The lowest BCUT2D eigenvalue weighted by Gasteiger charge is -1.96. The molecule has 3 aromatic rings. The average molecular weight is 348 g/mol. The van der Waals surface area contributed by atoms with E-state index in [1.165, 1.54) is 12.1 Å². The molecule has 0 saturated carbocycles. The SMILES string of the molecule is C#CCCCn1c(=O)c2cc3c(=O)n(CCCC#C)c(=O)c3cc2c1=O. The van der Waals surface area contributed by atoms with Crippen LogP contribution in [0.4, 0.5) is 0 Å². The summed E-state index contributed by atoms with van der Waals surface area (Å²) in [5, 5.41) is 0.615. The van der Waals surface area contributed by atoms with E-state index in [0.717, 1.165) is 9.13 Å². The molecular formula is C20H16N2O4. The highest BCUT2D eigenvalue weighted by Crippen LogP contribution is 2.14. The molecule has 3 rings (SSSR count). The summed E-state index contributed by atoms with van der Waals surface area (Å²) in [5.41, 5.74) is -1.85. The topological polar surface area (TPSA) is 78.1 Å². The Morgan fingerprint density at radius 2 is 0.962 bits per heavy atom. The first-order valence-corrected chi connectivity index (χ1v) is 8.28. The molecule has 0 bridgehead atoms. The molecule has 0 fully saturated rings. The van der Waals surface area contributed by atoms with E-state index in [2.05, 4.69) is 11.8 Å². The van der Waals surface area contributed by atoms with Crippen LogP contribution in [0, 0.1) is 24.7 Å². The summed E-state index contributed by atoms with van der Waals surface area (Å²) in [5.74, 6) is 4.92. The van der Waals surface area contributed by atoms with Gasteiger partial charge in [-0.15, -0.1) is 24.7 Å². The fraction of sp³-hybridized carbons (Fsp3) is 0.300. The van der Waals surface area contributed by atoms with Crippen molar-refractivity contribution in [2.24, 2.45) is 0 Å². The van der Waals surface area contributed by atoms with E-state index < -0.39 is 22.2 Å². The maximum absolute atomic E-state index is 12.5. The van der Waals surface area contributed by atoms with Crippen LogP contribution >= 0.6 is 0 Å². The van der Waals surface area contributed by atoms with Gasteiger partial charge in [0.15, 0.2) is 0 Å². The number of terminal acetylenes is 2. The Balaban J connectivity index is 2.19. The fourth-order valence-electron chi connectivity index (χ4n) is 3.16. The van der Waals surface area contributed by atoms with Gasteiger partial charge in [0.25, 0.3) is 22.2 Å². The van der Waals surface area contributed by atoms with Crippen molar-refractivity contribution in [3.05, 3.63) is 53.5 Å². The molecule has 0 saturated heterocycles. The van der Waals surface area contributed by atoms with E-state index in [9.17, 15) is 19.2 Å². The van der Waals surface area contributed by atoms with Gasteiger partial charge in [0, 0.05) is 25.9 Å². The summed E-state index contributed by atoms with van der Waals surface area (Å²) in [7, 11) is 0. The van der Waals surface area contributed by atoms with Gasteiger partial charge in [0.05, 0.1) is 21.5 Å². The Morgan fingerprint density at radius 3 is 1.23 bits per heavy atom. The largest absolute Gasteiger partial charge is 0.274 e. The van der Waals surface area contributed by atoms with Crippen LogP contribution in [0.1, 0.15) is 25.7 Å². The molecule has 2 aromatic heterocycles. The predicted molar refractivity (Wildman–Crippen MR) is 101 cm³/mol. The maximum atomic E-state index is 12.5. The van der Waals surface area contributed by atoms with Crippen molar-refractivity contribution in [3.63, 3.8) is 0 Å². The first kappa shape index (κ1) is 17.4. The number of benzene rings is 1. The van der Waals surface area contributed by atoms with E-state index in [1.54, 1.807) is 0 Å². The van der Waals surface area contributed by atoms with Crippen molar-refractivity contribution in [3.8, 4) is 24.7 Å². The van der Waals surface area contributed by atoms with Gasteiger partial charge in [0.2, 0.25) is 0 Å². The summed E-state index contributed by atoms with van der Waals surface area (Å²) in [6.45, 7) is 0.419. The number of hydrogen-bond acceptors (Lipinski definition) is 4. The Bertz CT molecular complexity index is 1110. The molecule has 130 valence electrons. The third-order valence-electron chi connectivity index (χ3n) is 4.47. The third kappa shape index (κ3) is 2.66. The molecule has 0 amide bonds. The highest BCUT2D eigenvalue weighted by Gasteiger charge is 2.19. The standard InChI is InChI=1S/C20H16N2O4/c1-3-5-7-9-21-17(23)13-11-15-16(12-14(13)18(21)24)20(26)22(19(15)25)10-8-6-4-2/h1-2,11-12H,5-10H2. The zero-order chi connectivity index (χ0) is 18.8. The van der Waals surface area contributed by atoms with Crippen LogP contribution in [0.15, 0.2) is 31.3 Å². The number of rotatable bonds is 6. The number of unbranched alkanes of at least 4 members (excludes halogenated alkanes) is 2. The van der Waals surface area contributed by atoms with Crippen molar-refractivity contribution in [2.75, 3.05) is 0 Å². The Kier molecular flexibility index (Phi) is 4.60. The van der Waals surface area contributed by atoms with Gasteiger partial charge in [-0.05, 0) is 25.0 Å². The minimum absolute atomic E-state index is 0.154. The molecule has 2 heterocycles. The van der Waals surface area contributed by atoms with Gasteiger partial charge < -0.3 is 0 Å². The average Bonchev–Trinajstić information content (AvgIpc) is 3.01. The monoisotopic (exact) mass is 348 g/mol. The highest BCUT2D eigenvalue weighted by atomic mass is 16.2. The van der Waals surface area contributed by atoms with Crippen molar-refractivity contribution in [1.29, 1.82) is 0 Å². The van der Waals surface area contributed by atoms with Crippen molar-refractivity contribution < 1.29 is 0 Å². The first-order chi connectivity index (χ1) is 12.5. The normalized spacial score (nSPS) is 11.0. The highest BCUT2D eigenvalue weighted by molar-refractivity contribution is 5.97. The van der Waals surface area contributed by atoms with E-state index in [0.29, 0.717) is 25.7 Å². The van der Waals surface area contributed by atoms with Gasteiger partial charge in [-0.25, -0.2) is 0 Å². The quantitative estimate of drug-likeness (QED) is 0.486. The van der Waals surface area contributed by atoms with Gasteiger partial charge in [-0.2, -0.15) is 0 Å². The van der Waals surface area contributed by atoms with Crippen LogP contribution in [0.2, 0.25) is 0 Å². The molecular weight excluding hydrogens is 332 g/mol. The number of nitrogens with zero attached hydrogens (tertiary/aromatic N) is 2. The molecule has 0 atom stereocenters. The third-order valence-corrected chi connectivity index (χ3v) is 4.47. The van der Waals surface area contributed by atoms with Crippen molar-refractivity contribution in [1.82, 2.24) is 9.13 Å². The fourth-order valence-corrected chi connectivity index (χ4v) is 3.16. The van der Waals surface area contributed by atoms with Gasteiger partial charge in [0.1, 0.15) is 0 Å².